The van der Waals surface area contributed by atoms with Crippen molar-refractivity contribution in [2.24, 2.45) is 28.1 Å². The van der Waals surface area contributed by atoms with Crippen molar-refractivity contribution >= 4 is 0 Å². The molecule has 4 aliphatic carbocycles. The van der Waals surface area contributed by atoms with Gasteiger partial charge in [-0.3, -0.25) is 0 Å². The Bertz CT molecular complexity index is 325. The van der Waals surface area contributed by atoms with Crippen LogP contribution in [0.3, 0.4) is 0 Å². The van der Waals surface area contributed by atoms with Crippen molar-refractivity contribution in [2.45, 2.75) is 53.4 Å². The second kappa shape index (κ2) is 2.52. The van der Waals surface area contributed by atoms with Crippen molar-refractivity contribution < 1.29 is 0 Å². The quantitative estimate of drug-likeness (QED) is 0.513. The summed E-state index contributed by atoms with van der Waals surface area (Å²) in [6, 6.07) is 0. The molecular weight excluding hydrogens is 180 g/mol. The lowest BCUT2D eigenvalue weighted by Crippen LogP contribution is -2.54. The van der Waals surface area contributed by atoms with E-state index >= 15 is 0 Å². The molecule has 0 amide bonds. The summed E-state index contributed by atoms with van der Waals surface area (Å²) in [5.41, 5.74) is 1.58. The number of hydrogen-bond donors (Lipinski definition) is 0. The zero-order chi connectivity index (χ0) is 10.9. The van der Waals surface area contributed by atoms with E-state index < -0.39 is 0 Å². The van der Waals surface area contributed by atoms with Crippen LogP contribution in [0.15, 0.2) is 12.2 Å². The summed E-state index contributed by atoms with van der Waals surface area (Å²) >= 11 is 0. The third-order valence-corrected chi connectivity index (χ3v) is 6.64. The number of rotatable bonds is 0. The van der Waals surface area contributed by atoms with Crippen molar-refractivity contribution in [2.75, 3.05) is 0 Å². The minimum absolute atomic E-state index is 0.476. The molecule has 2 bridgehead atoms. The average molecular weight is 204 g/mol. The van der Waals surface area contributed by atoms with Crippen LogP contribution in [0.5, 0.6) is 0 Å². The molecule has 0 aliphatic heterocycles. The van der Waals surface area contributed by atoms with Crippen LogP contribution in [0.1, 0.15) is 53.4 Å². The van der Waals surface area contributed by atoms with Gasteiger partial charge in [0, 0.05) is 0 Å². The Labute approximate surface area is 94.1 Å². The summed E-state index contributed by atoms with van der Waals surface area (Å²) in [6.45, 7) is 10.0. The summed E-state index contributed by atoms with van der Waals surface area (Å²) in [5.74, 6) is 1.87. The van der Waals surface area contributed by atoms with E-state index in [1.54, 1.807) is 0 Å². The maximum absolute atomic E-state index is 2.62. The molecule has 0 aromatic rings. The van der Waals surface area contributed by atoms with Gasteiger partial charge in [0.25, 0.3) is 0 Å². The molecule has 4 aliphatic rings. The van der Waals surface area contributed by atoms with Crippen LogP contribution >= 0.6 is 0 Å². The van der Waals surface area contributed by atoms with Gasteiger partial charge in [0.05, 0.1) is 0 Å². The predicted octanol–water partition coefficient (Wildman–Crippen LogP) is 4.42. The Kier molecular flexibility index (Phi) is 1.67. The van der Waals surface area contributed by atoms with Crippen LogP contribution in [-0.4, -0.2) is 0 Å². The van der Waals surface area contributed by atoms with Gasteiger partial charge >= 0.3 is 0 Å². The standard InChI is InChI=1S/C15H24/c1-11-5-6-12-13(2,3)14(4)7-9-15(11,12)10-8-14/h7,9,11-12H,5-6,8,10H2,1-4H3. The summed E-state index contributed by atoms with van der Waals surface area (Å²) in [5, 5.41) is 0. The molecule has 4 unspecified atom stereocenters. The Morgan fingerprint density at radius 2 is 1.73 bits per heavy atom. The highest BCUT2D eigenvalue weighted by Gasteiger charge is 2.62. The highest BCUT2D eigenvalue weighted by atomic mass is 14.7. The summed E-state index contributed by atoms with van der Waals surface area (Å²) in [4.78, 5) is 0. The van der Waals surface area contributed by atoms with E-state index in [4.69, 9.17) is 0 Å². The van der Waals surface area contributed by atoms with E-state index in [9.17, 15) is 0 Å². The lowest BCUT2D eigenvalue weighted by atomic mass is 9.42. The molecule has 2 fully saturated rings. The second-order valence-corrected chi connectivity index (χ2v) is 7.12. The number of fused-ring (bicyclic) bond motifs is 1. The van der Waals surface area contributed by atoms with Crippen molar-refractivity contribution in [1.82, 2.24) is 0 Å². The smallest absolute Gasteiger partial charge is 0.00585 e. The SMILES string of the molecule is CC1CCC2C13C=CC(C)(CC3)C2(C)C. The minimum atomic E-state index is 0.476. The van der Waals surface area contributed by atoms with Gasteiger partial charge < -0.3 is 0 Å². The van der Waals surface area contributed by atoms with E-state index in [1.807, 2.05) is 0 Å². The van der Waals surface area contributed by atoms with Gasteiger partial charge in [-0.15, -0.1) is 0 Å². The molecule has 0 nitrogen and oxygen atoms in total. The zero-order valence-electron chi connectivity index (χ0n) is 10.6. The summed E-state index contributed by atoms with van der Waals surface area (Å²) in [6.07, 6.45) is 11.0. The van der Waals surface area contributed by atoms with E-state index in [-0.39, 0.29) is 0 Å². The Morgan fingerprint density at radius 1 is 1.00 bits per heavy atom. The first-order chi connectivity index (χ1) is 6.92. The molecule has 4 rings (SSSR count). The van der Waals surface area contributed by atoms with Gasteiger partial charge in [0.2, 0.25) is 0 Å². The molecule has 15 heavy (non-hydrogen) atoms. The fraction of sp³-hybridized carbons (Fsp3) is 0.867. The molecule has 0 radical (unpaired) electrons. The largest absolute Gasteiger partial charge is 0.0815 e. The number of hydrogen-bond acceptors (Lipinski definition) is 0. The third-order valence-electron chi connectivity index (χ3n) is 6.64. The first-order valence-electron chi connectivity index (χ1n) is 6.63. The Balaban J connectivity index is 2.17. The highest BCUT2D eigenvalue weighted by Crippen LogP contribution is 2.71. The Morgan fingerprint density at radius 3 is 2.33 bits per heavy atom. The van der Waals surface area contributed by atoms with Gasteiger partial charge in [-0.05, 0) is 53.8 Å². The van der Waals surface area contributed by atoms with E-state index in [2.05, 4.69) is 39.8 Å². The van der Waals surface area contributed by atoms with Crippen LogP contribution in [0.4, 0.5) is 0 Å². The second-order valence-electron chi connectivity index (χ2n) is 7.12. The van der Waals surface area contributed by atoms with E-state index in [0.717, 1.165) is 11.8 Å². The number of allylic oxidation sites excluding steroid dienone is 2. The van der Waals surface area contributed by atoms with Crippen molar-refractivity contribution in [1.29, 1.82) is 0 Å². The monoisotopic (exact) mass is 204 g/mol. The van der Waals surface area contributed by atoms with Gasteiger partial charge in [-0.2, -0.15) is 0 Å². The minimum Gasteiger partial charge on any atom is -0.0815 e. The van der Waals surface area contributed by atoms with Crippen molar-refractivity contribution in [3.05, 3.63) is 12.2 Å². The zero-order valence-corrected chi connectivity index (χ0v) is 10.6. The maximum atomic E-state index is 2.62. The molecule has 2 saturated carbocycles. The van der Waals surface area contributed by atoms with Crippen LogP contribution in [-0.2, 0) is 0 Å². The van der Waals surface area contributed by atoms with Gasteiger partial charge in [-0.25, -0.2) is 0 Å². The third kappa shape index (κ3) is 0.905. The molecule has 0 aromatic carbocycles. The maximum Gasteiger partial charge on any atom is -0.00585 e. The van der Waals surface area contributed by atoms with Crippen LogP contribution in [0.2, 0.25) is 0 Å². The summed E-state index contributed by atoms with van der Waals surface area (Å²) in [7, 11) is 0. The molecular formula is C15H24. The molecule has 0 N–H and O–H groups in total. The molecule has 4 atom stereocenters. The van der Waals surface area contributed by atoms with Crippen molar-refractivity contribution in [3.63, 3.8) is 0 Å². The van der Waals surface area contributed by atoms with Gasteiger partial charge in [0.15, 0.2) is 0 Å². The van der Waals surface area contributed by atoms with Crippen molar-refractivity contribution in [3.8, 4) is 0 Å². The van der Waals surface area contributed by atoms with Crippen LogP contribution in [0.25, 0.3) is 0 Å². The summed E-state index contributed by atoms with van der Waals surface area (Å²) < 4.78 is 0. The topological polar surface area (TPSA) is 0 Å². The molecule has 0 saturated heterocycles. The molecule has 0 heterocycles. The lowest BCUT2D eigenvalue weighted by molar-refractivity contribution is -0.0733. The molecule has 1 spiro atoms. The normalized spacial score (nSPS) is 55.7. The predicted molar refractivity (Wildman–Crippen MR) is 64.6 cm³/mol. The molecule has 0 heteroatoms. The average Bonchev–Trinajstić information content (AvgIpc) is 2.50. The molecule has 0 aromatic heterocycles. The van der Waals surface area contributed by atoms with Gasteiger partial charge in [0.1, 0.15) is 0 Å². The van der Waals surface area contributed by atoms with Gasteiger partial charge in [-0.1, -0.05) is 39.8 Å². The first kappa shape index (κ1) is 9.93. The van der Waals surface area contributed by atoms with E-state index in [0.29, 0.717) is 16.2 Å². The fourth-order valence-electron chi connectivity index (χ4n) is 4.95. The van der Waals surface area contributed by atoms with Crippen LogP contribution < -0.4 is 0 Å². The highest BCUT2D eigenvalue weighted by molar-refractivity contribution is 5.27. The van der Waals surface area contributed by atoms with Crippen LogP contribution in [0, 0.1) is 28.1 Å². The van der Waals surface area contributed by atoms with E-state index in [1.165, 1.54) is 25.7 Å². The lowest BCUT2D eigenvalue weighted by Gasteiger charge is -2.62. The fourth-order valence-corrected chi connectivity index (χ4v) is 4.95. The molecule has 84 valence electrons. The Hall–Kier alpha value is -0.260. The first-order valence-corrected chi connectivity index (χ1v) is 6.63.